The lowest BCUT2D eigenvalue weighted by molar-refractivity contribution is 0.402. The predicted molar refractivity (Wildman–Crippen MR) is 47.8 cm³/mol. The Hall–Kier alpha value is -1.85. The van der Waals surface area contributed by atoms with Crippen molar-refractivity contribution in [2.75, 3.05) is 19.5 Å². The SMILES string of the molecule is CNc1nc2ncnc(OC)c2[nH]1. The first-order chi connectivity index (χ1) is 6.35. The molecule has 2 heterocycles. The van der Waals surface area contributed by atoms with Gasteiger partial charge in [0.15, 0.2) is 5.65 Å². The number of hydrogen-bond donors (Lipinski definition) is 2. The Labute approximate surface area is 74.4 Å². The molecule has 0 saturated heterocycles. The van der Waals surface area contributed by atoms with E-state index in [1.807, 2.05) is 0 Å². The number of nitrogens with zero attached hydrogens (tertiary/aromatic N) is 3. The lowest BCUT2D eigenvalue weighted by Crippen LogP contribution is -1.90. The maximum absolute atomic E-state index is 5.04. The van der Waals surface area contributed by atoms with Crippen molar-refractivity contribution in [1.82, 2.24) is 19.9 Å². The van der Waals surface area contributed by atoms with E-state index in [0.717, 1.165) is 0 Å². The highest BCUT2D eigenvalue weighted by Gasteiger charge is 2.07. The molecule has 0 spiro atoms. The van der Waals surface area contributed by atoms with Crippen LogP contribution in [0.4, 0.5) is 5.95 Å². The zero-order valence-electron chi connectivity index (χ0n) is 7.33. The first-order valence-electron chi connectivity index (χ1n) is 3.77. The normalized spacial score (nSPS) is 10.3. The fourth-order valence-corrected chi connectivity index (χ4v) is 1.08. The molecule has 0 saturated carbocycles. The summed E-state index contributed by atoms with van der Waals surface area (Å²) in [6.07, 6.45) is 1.42. The predicted octanol–water partition coefficient (Wildman–Crippen LogP) is 0.403. The monoisotopic (exact) mass is 179 g/mol. The topological polar surface area (TPSA) is 75.7 Å². The molecular formula is C7H9N5O. The second-order valence-corrected chi connectivity index (χ2v) is 2.42. The molecule has 68 valence electrons. The zero-order valence-corrected chi connectivity index (χ0v) is 7.33. The van der Waals surface area contributed by atoms with E-state index in [0.29, 0.717) is 23.0 Å². The van der Waals surface area contributed by atoms with Crippen LogP contribution >= 0.6 is 0 Å². The highest BCUT2D eigenvalue weighted by Crippen LogP contribution is 2.19. The van der Waals surface area contributed by atoms with Crippen LogP contribution in [0.3, 0.4) is 0 Å². The van der Waals surface area contributed by atoms with E-state index in [2.05, 4.69) is 25.3 Å². The summed E-state index contributed by atoms with van der Waals surface area (Å²) < 4.78 is 5.04. The summed E-state index contributed by atoms with van der Waals surface area (Å²) in [6.45, 7) is 0. The Balaban J connectivity index is 2.67. The van der Waals surface area contributed by atoms with Gasteiger partial charge < -0.3 is 15.0 Å². The zero-order chi connectivity index (χ0) is 9.26. The average molecular weight is 179 g/mol. The lowest BCUT2D eigenvalue weighted by Gasteiger charge is -1.96. The van der Waals surface area contributed by atoms with Crippen molar-refractivity contribution in [3.8, 4) is 5.88 Å². The number of aromatic nitrogens is 4. The van der Waals surface area contributed by atoms with Crippen LogP contribution in [0.2, 0.25) is 0 Å². The molecule has 2 aromatic heterocycles. The van der Waals surface area contributed by atoms with Crippen molar-refractivity contribution in [2.45, 2.75) is 0 Å². The standard InChI is InChI=1S/C7H9N5O/c1-8-7-11-4-5(12-7)9-3-10-6(4)13-2/h3H,1-2H3,(H2,8,9,10,11,12). The quantitative estimate of drug-likeness (QED) is 0.698. The summed E-state index contributed by atoms with van der Waals surface area (Å²) in [6, 6.07) is 0. The Kier molecular flexibility index (Phi) is 1.73. The minimum absolute atomic E-state index is 0.499. The third-order valence-electron chi connectivity index (χ3n) is 1.68. The van der Waals surface area contributed by atoms with E-state index in [9.17, 15) is 0 Å². The molecule has 6 nitrogen and oxygen atoms in total. The van der Waals surface area contributed by atoms with Gasteiger partial charge in [-0.1, -0.05) is 0 Å². The molecule has 0 fully saturated rings. The molecule has 0 amide bonds. The van der Waals surface area contributed by atoms with Crippen LogP contribution in [0.15, 0.2) is 6.33 Å². The van der Waals surface area contributed by atoms with Crippen LogP contribution in [0.25, 0.3) is 11.2 Å². The van der Waals surface area contributed by atoms with Crippen molar-refractivity contribution in [2.24, 2.45) is 0 Å². The summed E-state index contributed by atoms with van der Waals surface area (Å²) in [7, 11) is 3.33. The average Bonchev–Trinajstić information content (AvgIpc) is 2.59. The van der Waals surface area contributed by atoms with Crippen molar-refractivity contribution in [3.05, 3.63) is 6.33 Å². The van der Waals surface area contributed by atoms with E-state index in [1.54, 1.807) is 14.2 Å². The molecule has 2 aromatic rings. The van der Waals surface area contributed by atoms with Crippen molar-refractivity contribution >= 4 is 17.1 Å². The maximum Gasteiger partial charge on any atom is 0.243 e. The van der Waals surface area contributed by atoms with Gasteiger partial charge >= 0.3 is 0 Å². The first kappa shape index (κ1) is 7.78. The third kappa shape index (κ3) is 1.16. The molecule has 0 atom stereocenters. The van der Waals surface area contributed by atoms with Crippen LogP contribution < -0.4 is 10.1 Å². The fourth-order valence-electron chi connectivity index (χ4n) is 1.08. The molecule has 6 heteroatoms. The van der Waals surface area contributed by atoms with Gasteiger partial charge in [-0.2, -0.15) is 9.97 Å². The van der Waals surface area contributed by atoms with Crippen LogP contribution in [0, 0.1) is 0 Å². The Morgan fingerprint density at radius 2 is 2.31 bits per heavy atom. The number of aromatic amines is 1. The molecule has 13 heavy (non-hydrogen) atoms. The summed E-state index contributed by atoms with van der Waals surface area (Å²) in [4.78, 5) is 15.1. The number of H-pyrrole nitrogens is 1. The molecule has 0 aliphatic heterocycles. The van der Waals surface area contributed by atoms with E-state index >= 15 is 0 Å². The lowest BCUT2D eigenvalue weighted by atomic mass is 10.5. The minimum Gasteiger partial charge on any atom is -0.479 e. The second kappa shape index (κ2) is 2.89. The first-order valence-corrected chi connectivity index (χ1v) is 3.77. The van der Waals surface area contributed by atoms with E-state index < -0.39 is 0 Å². The Morgan fingerprint density at radius 1 is 1.46 bits per heavy atom. The van der Waals surface area contributed by atoms with E-state index in [-0.39, 0.29) is 0 Å². The Bertz CT molecular complexity index is 424. The van der Waals surface area contributed by atoms with Crippen molar-refractivity contribution < 1.29 is 4.74 Å². The number of rotatable bonds is 2. The molecule has 0 radical (unpaired) electrons. The smallest absolute Gasteiger partial charge is 0.243 e. The molecule has 0 aromatic carbocycles. The highest BCUT2D eigenvalue weighted by atomic mass is 16.5. The number of ether oxygens (including phenoxy) is 1. The van der Waals surface area contributed by atoms with Crippen LogP contribution in [0.1, 0.15) is 0 Å². The number of anilines is 1. The number of hydrogen-bond acceptors (Lipinski definition) is 5. The molecule has 0 aliphatic rings. The summed E-state index contributed by atoms with van der Waals surface area (Å²) in [5.41, 5.74) is 1.30. The van der Waals surface area contributed by atoms with Gasteiger partial charge in [-0.3, -0.25) is 0 Å². The second-order valence-electron chi connectivity index (χ2n) is 2.42. The largest absolute Gasteiger partial charge is 0.479 e. The van der Waals surface area contributed by atoms with Gasteiger partial charge in [0.25, 0.3) is 0 Å². The van der Waals surface area contributed by atoms with Gasteiger partial charge in [-0.15, -0.1) is 0 Å². The summed E-state index contributed by atoms with van der Waals surface area (Å²) in [5.74, 6) is 1.15. The van der Waals surface area contributed by atoms with E-state index in [1.165, 1.54) is 6.33 Å². The molecule has 0 unspecified atom stereocenters. The molecular weight excluding hydrogens is 170 g/mol. The number of methoxy groups -OCH3 is 1. The van der Waals surface area contributed by atoms with Crippen LogP contribution in [-0.2, 0) is 0 Å². The molecule has 2 rings (SSSR count). The van der Waals surface area contributed by atoms with Gasteiger partial charge in [0.05, 0.1) is 7.11 Å². The van der Waals surface area contributed by atoms with Gasteiger partial charge in [0.1, 0.15) is 11.8 Å². The van der Waals surface area contributed by atoms with Gasteiger partial charge in [-0.25, -0.2) is 4.98 Å². The van der Waals surface area contributed by atoms with Crippen molar-refractivity contribution in [3.63, 3.8) is 0 Å². The number of imidazole rings is 1. The number of nitrogens with one attached hydrogen (secondary N) is 2. The summed E-state index contributed by atoms with van der Waals surface area (Å²) in [5, 5.41) is 2.88. The summed E-state index contributed by atoms with van der Waals surface area (Å²) >= 11 is 0. The Morgan fingerprint density at radius 3 is 3.00 bits per heavy atom. The fraction of sp³-hybridized carbons (Fsp3) is 0.286. The number of fused-ring (bicyclic) bond motifs is 1. The van der Waals surface area contributed by atoms with E-state index in [4.69, 9.17) is 4.74 Å². The third-order valence-corrected chi connectivity index (χ3v) is 1.68. The van der Waals surface area contributed by atoms with Crippen molar-refractivity contribution in [1.29, 1.82) is 0 Å². The minimum atomic E-state index is 0.499. The molecule has 2 N–H and O–H groups in total. The van der Waals surface area contributed by atoms with Crippen LogP contribution in [-0.4, -0.2) is 34.1 Å². The van der Waals surface area contributed by atoms with Gasteiger partial charge in [-0.05, 0) is 0 Å². The van der Waals surface area contributed by atoms with Gasteiger partial charge in [0.2, 0.25) is 11.8 Å². The maximum atomic E-state index is 5.04. The van der Waals surface area contributed by atoms with Gasteiger partial charge in [0, 0.05) is 7.05 Å². The molecule has 0 aliphatic carbocycles. The highest BCUT2D eigenvalue weighted by molar-refractivity contribution is 5.77. The molecule has 0 bridgehead atoms. The van der Waals surface area contributed by atoms with Crippen LogP contribution in [0.5, 0.6) is 5.88 Å².